The summed E-state index contributed by atoms with van der Waals surface area (Å²) in [5, 5.41) is 6.59. The Morgan fingerprint density at radius 3 is 2.71 bits per heavy atom. The van der Waals surface area contributed by atoms with Gasteiger partial charge in [-0.2, -0.15) is 0 Å². The van der Waals surface area contributed by atoms with E-state index < -0.39 is 5.54 Å². The molecule has 2 N–H and O–H groups in total. The van der Waals surface area contributed by atoms with E-state index in [4.69, 9.17) is 4.74 Å². The van der Waals surface area contributed by atoms with Crippen molar-refractivity contribution in [2.45, 2.75) is 78.2 Å². The molecule has 5 nitrogen and oxygen atoms in total. The van der Waals surface area contributed by atoms with E-state index in [0.717, 1.165) is 49.8 Å². The number of methoxy groups -OCH3 is 1. The average Bonchev–Trinajstić information content (AvgIpc) is 3.16. The number of rotatable bonds is 4. The van der Waals surface area contributed by atoms with Gasteiger partial charge in [-0.1, -0.05) is 32.1 Å². The van der Waals surface area contributed by atoms with Gasteiger partial charge >= 0.3 is 0 Å². The van der Waals surface area contributed by atoms with Crippen molar-refractivity contribution < 1.29 is 14.3 Å². The maximum Gasteiger partial charge on any atom is 0.224 e. The molecule has 3 aliphatic carbocycles. The zero-order valence-corrected chi connectivity index (χ0v) is 21.4. The van der Waals surface area contributed by atoms with E-state index in [0.29, 0.717) is 24.2 Å². The van der Waals surface area contributed by atoms with Crippen LogP contribution in [0.25, 0.3) is 0 Å². The monoisotopic (exact) mass is 464 g/mol. The third kappa shape index (κ3) is 3.58. The number of nitrogens with one attached hydrogen (secondary N) is 2. The Hall–Kier alpha value is -2.30. The number of ether oxygens (including phenoxy) is 1. The number of benzene rings is 1. The lowest BCUT2D eigenvalue weighted by molar-refractivity contribution is -0.134. The molecule has 3 fully saturated rings. The van der Waals surface area contributed by atoms with Gasteiger partial charge in [-0.3, -0.25) is 9.59 Å². The van der Waals surface area contributed by atoms with Gasteiger partial charge in [0, 0.05) is 23.5 Å². The van der Waals surface area contributed by atoms with Gasteiger partial charge in [0.15, 0.2) is 0 Å². The third-order valence-corrected chi connectivity index (χ3v) is 10.2. The molecule has 0 unspecified atom stereocenters. The predicted molar refractivity (Wildman–Crippen MR) is 133 cm³/mol. The molecule has 2 saturated carbocycles. The minimum atomic E-state index is -0.465. The van der Waals surface area contributed by atoms with Crippen molar-refractivity contribution in [3.8, 4) is 5.75 Å². The van der Waals surface area contributed by atoms with Crippen LogP contribution in [0.4, 0.5) is 0 Å². The highest BCUT2D eigenvalue weighted by atomic mass is 16.5. The Balaban J connectivity index is 1.35. The van der Waals surface area contributed by atoms with Gasteiger partial charge in [0.1, 0.15) is 5.75 Å². The molecular formula is C29H40N2O3. The van der Waals surface area contributed by atoms with Gasteiger partial charge in [-0.25, -0.2) is 0 Å². The standard InChI is InChI=1S/C29H40N2O3/c1-27(2,18-7-6-8-19(17-18)34-5)31-26(33)23-11-10-21-20-9-12-24-29(4,16-14-25(32)30-24)22(20)13-15-28(21,23)3/h6-8,12,17,20-23H,9-11,13-16H2,1-5H3,(H,30,32)(H,31,33)/t20-,21-,22-,23+,28-,29+/m0/s1. The van der Waals surface area contributed by atoms with E-state index in [1.165, 1.54) is 5.70 Å². The number of hydrogen-bond donors (Lipinski definition) is 2. The minimum absolute atomic E-state index is 0.0370. The van der Waals surface area contributed by atoms with Crippen LogP contribution >= 0.6 is 0 Å². The first-order chi connectivity index (χ1) is 16.1. The van der Waals surface area contributed by atoms with Crippen molar-refractivity contribution in [1.82, 2.24) is 10.6 Å². The van der Waals surface area contributed by atoms with Crippen LogP contribution < -0.4 is 15.4 Å². The van der Waals surface area contributed by atoms with E-state index in [1.54, 1.807) is 7.11 Å². The molecule has 5 rings (SSSR count). The summed E-state index contributed by atoms with van der Waals surface area (Å²) in [6.07, 6.45) is 9.24. The van der Waals surface area contributed by atoms with Gasteiger partial charge in [0.25, 0.3) is 0 Å². The molecule has 1 heterocycles. The lowest BCUT2D eigenvalue weighted by Gasteiger charge is -2.57. The quantitative estimate of drug-likeness (QED) is 0.635. The van der Waals surface area contributed by atoms with E-state index >= 15 is 0 Å². The van der Waals surface area contributed by atoms with E-state index in [9.17, 15) is 9.59 Å². The molecule has 1 aromatic rings. The lowest BCUT2D eigenvalue weighted by Crippen LogP contribution is -2.54. The fraction of sp³-hybridized carbons (Fsp3) is 0.655. The van der Waals surface area contributed by atoms with Crippen molar-refractivity contribution in [3.05, 3.63) is 41.6 Å². The molecule has 1 saturated heterocycles. The first-order valence-electron chi connectivity index (χ1n) is 13.1. The summed E-state index contributed by atoms with van der Waals surface area (Å²) in [6.45, 7) is 8.91. The molecule has 34 heavy (non-hydrogen) atoms. The third-order valence-electron chi connectivity index (χ3n) is 10.2. The smallest absolute Gasteiger partial charge is 0.224 e. The zero-order chi connectivity index (χ0) is 24.3. The van der Waals surface area contributed by atoms with Crippen molar-refractivity contribution in [2.75, 3.05) is 7.11 Å². The number of hydrogen-bond acceptors (Lipinski definition) is 3. The summed E-state index contributed by atoms with van der Waals surface area (Å²) in [4.78, 5) is 25.8. The molecule has 2 amide bonds. The average molecular weight is 465 g/mol. The topological polar surface area (TPSA) is 67.4 Å². The molecule has 0 bridgehead atoms. The van der Waals surface area contributed by atoms with Gasteiger partial charge < -0.3 is 15.4 Å². The van der Waals surface area contributed by atoms with Gasteiger partial charge in [-0.15, -0.1) is 0 Å². The Kier molecular flexibility index (Phi) is 5.61. The molecule has 1 aliphatic heterocycles. The maximum absolute atomic E-state index is 13.7. The van der Waals surface area contributed by atoms with E-state index in [2.05, 4.69) is 50.5 Å². The second-order valence-corrected chi connectivity index (χ2v) is 12.2. The van der Waals surface area contributed by atoms with Crippen molar-refractivity contribution in [2.24, 2.45) is 34.5 Å². The Labute approximate surface area is 204 Å². The number of carbonyl (C=O) groups is 2. The summed E-state index contributed by atoms with van der Waals surface area (Å²) in [5.41, 5.74) is 1.87. The molecule has 5 heteroatoms. The van der Waals surface area contributed by atoms with Crippen LogP contribution in [0.15, 0.2) is 36.0 Å². The Bertz CT molecular complexity index is 1030. The summed E-state index contributed by atoms with van der Waals surface area (Å²) in [5.74, 6) is 2.98. The Morgan fingerprint density at radius 2 is 1.94 bits per heavy atom. The molecule has 0 aromatic heterocycles. The van der Waals surface area contributed by atoms with Crippen LogP contribution in [0.3, 0.4) is 0 Å². The molecule has 0 spiro atoms. The van der Waals surface area contributed by atoms with Crippen LogP contribution in [-0.4, -0.2) is 18.9 Å². The van der Waals surface area contributed by atoms with Crippen molar-refractivity contribution in [1.29, 1.82) is 0 Å². The van der Waals surface area contributed by atoms with Crippen LogP contribution in [-0.2, 0) is 15.1 Å². The van der Waals surface area contributed by atoms with E-state index in [1.807, 2.05) is 18.2 Å². The highest BCUT2D eigenvalue weighted by Gasteiger charge is 2.60. The SMILES string of the molecule is COc1cccc(C(C)(C)NC(=O)[C@H]2CC[C@H]3[C@@H]4CC=C5NC(=O)CC[C@]5(C)[C@H]4CC[C@]23C)c1. The predicted octanol–water partition coefficient (Wildman–Crippen LogP) is 5.31. The minimum Gasteiger partial charge on any atom is -0.497 e. The highest BCUT2D eigenvalue weighted by Crippen LogP contribution is 2.65. The molecule has 1 aromatic carbocycles. The van der Waals surface area contributed by atoms with Crippen LogP contribution in [0.2, 0.25) is 0 Å². The second kappa shape index (κ2) is 8.13. The maximum atomic E-state index is 13.7. The van der Waals surface area contributed by atoms with Crippen molar-refractivity contribution in [3.63, 3.8) is 0 Å². The molecule has 6 atom stereocenters. The Morgan fingerprint density at radius 1 is 1.15 bits per heavy atom. The second-order valence-electron chi connectivity index (χ2n) is 12.2. The number of allylic oxidation sites excluding steroid dienone is 2. The molecular weight excluding hydrogens is 424 g/mol. The highest BCUT2D eigenvalue weighted by molar-refractivity contribution is 5.81. The first-order valence-corrected chi connectivity index (χ1v) is 13.1. The van der Waals surface area contributed by atoms with Gasteiger partial charge in [0.2, 0.25) is 11.8 Å². The lowest BCUT2D eigenvalue weighted by atomic mass is 9.49. The molecule has 184 valence electrons. The molecule has 4 aliphatic rings. The number of piperidine rings is 1. The van der Waals surface area contributed by atoms with Crippen LogP contribution in [0.1, 0.15) is 78.2 Å². The fourth-order valence-corrected chi connectivity index (χ4v) is 8.10. The van der Waals surface area contributed by atoms with Crippen molar-refractivity contribution >= 4 is 11.8 Å². The first kappa shape index (κ1) is 23.4. The van der Waals surface area contributed by atoms with E-state index in [-0.39, 0.29) is 28.6 Å². The number of carbonyl (C=O) groups excluding carboxylic acids is 2. The van der Waals surface area contributed by atoms with Gasteiger partial charge in [0.05, 0.1) is 12.6 Å². The number of fused-ring (bicyclic) bond motifs is 5. The largest absolute Gasteiger partial charge is 0.497 e. The van der Waals surface area contributed by atoms with Crippen LogP contribution in [0, 0.1) is 34.5 Å². The summed E-state index contributed by atoms with van der Waals surface area (Å²) < 4.78 is 5.40. The van der Waals surface area contributed by atoms with Crippen LogP contribution in [0.5, 0.6) is 5.75 Å². The number of amides is 2. The zero-order valence-electron chi connectivity index (χ0n) is 21.4. The summed E-state index contributed by atoms with van der Waals surface area (Å²) in [7, 11) is 1.67. The fourth-order valence-electron chi connectivity index (χ4n) is 8.10. The normalized spacial score (nSPS) is 37.0. The van der Waals surface area contributed by atoms with Gasteiger partial charge in [-0.05, 0) is 93.2 Å². The summed E-state index contributed by atoms with van der Waals surface area (Å²) in [6, 6.07) is 7.99. The molecule has 0 radical (unpaired) electrons. The summed E-state index contributed by atoms with van der Waals surface area (Å²) >= 11 is 0.